The van der Waals surface area contributed by atoms with Crippen LogP contribution in [0.15, 0.2) is 0 Å². The Morgan fingerprint density at radius 3 is 2.53 bits per heavy atom. The van der Waals surface area contributed by atoms with Gasteiger partial charge in [0, 0.05) is 12.1 Å². The predicted octanol–water partition coefficient (Wildman–Crippen LogP) is 0.843. The maximum absolute atomic E-state index is 11.5. The predicted molar refractivity (Wildman–Crippen MR) is 55.1 cm³/mol. The van der Waals surface area contributed by atoms with Crippen molar-refractivity contribution in [1.82, 2.24) is 9.03 Å². The Kier molecular flexibility index (Phi) is 3.46. The van der Waals surface area contributed by atoms with Gasteiger partial charge in [-0.25, -0.2) is 13.8 Å². The highest BCUT2D eigenvalue weighted by Crippen LogP contribution is 2.20. The molecule has 1 aliphatic rings. The smallest absolute Gasteiger partial charge is 0.421 e. The van der Waals surface area contributed by atoms with Gasteiger partial charge < -0.3 is 9.84 Å². The minimum atomic E-state index is -0.978. The number of carbonyl (C=O) groups is 2. The zero-order valence-electron chi connectivity index (χ0n) is 8.81. The van der Waals surface area contributed by atoms with Crippen molar-refractivity contribution in [3.63, 3.8) is 0 Å². The van der Waals surface area contributed by atoms with E-state index in [4.69, 9.17) is 9.84 Å². The summed E-state index contributed by atoms with van der Waals surface area (Å²) in [5.41, 5.74) is -0.570. The molecule has 1 atom stereocenters. The number of carboxylic acids is 1. The molecule has 7 heteroatoms. The van der Waals surface area contributed by atoms with Gasteiger partial charge in [0.25, 0.3) is 0 Å². The summed E-state index contributed by atoms with van der Waals surface area (Å²) in [7, 11) is 0. The first kappa shape index (κ1) is 12.1. The van der Waals surface area contributed by atoms with Gasteiger partial charge in [0.15, 0.2) is 0 Å². The van der Waals surface area contributed by atoms with Gasteiger partial charge >= 0.3 is 12.1 Å². The molecular weight excluding hydrogens is 220 g/mol. The largest absolute Gasteiger partial charge is 0.480 e. The van der Waals surface area contributed by atoms with Crippen LogP contribution >= 0.6 is 12.1 Å². The van der Waals surface area contributed by atoms with Crippen LogP contribution in [-0.2, 0) is 9.53 Å². The van der Waals surface area contributed by atoms with Crippen molar-refractivity contribution in [3.8, 4) is 0 Å². The lowest BCUT2D eigenvalue weighted by atomic mass is 10.2. The second-order valence-corrected chi connectivity index (χ2v) is 5.00. The van der Waals surface area contributed by atoms with Crippen molar-refractivity contribution in [1.29, 1.82) is 0 Å². The second-order valence-electron chi connectivity index (χ2n) is 4.14. The van der Waals surface area contributed by atoms with E-state index in [9.17, 15) is 9.59 Å². The molecule has 0 bridgehead atoms. The standard InChI is InChI=1S/C8H14N2O4S/c1-8(2,3)14-7(13)10-4-5(6(11)12)9-15-10/h5,9H,4H2,1-3H3,(H,11,12)/t5-/m0/s1. The molecule has 0 aliphatic carbocycles. The molecule has 1 heterocycles. The fraction of sp³-hybridized carbons (Fsp3) is 0.750. The maximum Gasteiger partial charge on any atom is 0.421 e. The van der Waals surface area contributed by atoms with Gasteiger partial charge in [0.05, 0.1) is 6.54 Å². The fourth-order valence-electron chi connectivity index (χ4n) is 0.921. The van der Waals surface area contributed by atoms with E-state index in [0.29, 0.717) is 0 Å². The lowest BCUT2D eigenvalue weighted by Crippen LogP contribution is -2.35. The second kappa shape index (κ2) is 4.28. The first-order valence-corrected chi connectivity index (χ1v) is 5.23. The number of aliphatic carboxylic acids is 1. The third-order valence-corrected chi connectivity index (χ3v) is 2.46. The first-order valence-electron chi connectivity index (χ1n) is 4.45. The van der Waals surface area contributed by atoms with Gasteiger partial charge in [-0.15, -0.1) is 0 Å². The van der Waals surface area contributed by atoms with E-state index in [1.807, 2.05) is 0 Å². The van der Waals surface area contributed by atoms with Crippen LogP contribution in [0.5, 0.6) is 0 Å². The molecule has 6 nitrogen and oxygen atoms in total. The number of hydrogen-bond donors (Lipinski definition) is 2. The van der Waals surface area contributed by atoms with Crippen LogP contribution in [0, 0.1) is 0 Å². The minimum Gasteiger partial charge on any atom is -0.480 e. The van der Waals surface area contributed by atoms with Crippen molar-refractivity contribution < 1.29 is 19.4 Å². The average molecular weight is 234 g/mol. The minimum absolute atomic E-state index is 0.106. The molecule has 0 aromatic heterocycles. The van der Waals surface area contributed by atoms with E-state index >= 15 is 0 Å². The first-order chi connectivity index (χ1) is 6.79. The molecule has 0 aromatic rings. The summed E-state index contributed by atoms with van der Waals surface area (Å²) < 4.78 is 8.95. The van der Waals surface area contributed by atoms with Gasteiger partial charge in [-0.1, -0.05) is 0 Å². The number of carbonyl (C=O) groups excluding carboxylic acids is 1. The zero-order chi connectivity index (χ0) is 11.6. The number of nitrogens with one attached hydrogen (secondary N) is 1. The monoisotopic (exact) mass is 234 g/mol. The van der Waals surface area contributed by atoms with Crippen LogP contribution in [0.4, 0.5) is 4.79 Å². The topological polar surface area (TPSA) is 78.9 Å². The summed E-state index contributed by atoms with van der Waals surface area (Å²) in [4.78, 5) is 22.1. The molecule has 1 aliphatic heterocycles. The summed E-state index contributed by atoms with van der Waals surface area (Å²) in [6.07, 6.45) is -0.524. The molecule has 1 fully saturated rings. The normalized spacial score (nSPS) is 21.5. The van der Waals surface area contributed by atoms with Crippen LogP contribution in [0.3, 0.4) is 0 Å². The Labute approximate surface area is 92.2 Å². The highest BCUT2D eigenvalue weighted by atomic mass is 32.2. The van der Waals surface area contributed by atoms with E-state index < -0.39 is 23.7 Å². The number of carboxylic acid groups (broad SMARTS) is 1. The van der Waals surface area contributed by atoms with Crippen molar-refractivity contribution in [2.75, 3.05) is 6.54 Å². The molecule has 15 heavy (non-hydrogen) atoms. The van der Waals surface area contributed by atoms with E-state index in [0.717, 1.165) is 12.1 Å². The van der Waals surface area contributed by atoms with E-state index in [2.05, 4.69) is 4.72 Å². The summed E-state index contributed by atoms with van der Waals surface area (Å²) in [5.74, 6) is -0.978. The van der Waals surface area contributed by atoms with Crippen LogP contribution in [0.1, 0.15) is 20.8 Å². The van der Waals surface area contributed by atoms with Crippen LogP contribution < -0.4 is 4.72 Å². The Hall–Kier alpha value is -0.950. The Morgan fingerprint density at radius 2 is 2.13 bits per heavy atom. The molecule has 86 valence electrons. The summed E-state index contributed by atoms with van der Waals surface area (Å²) in [6, 6.07) is -0.734. The number of amides is 1. The zero-order valence-corrected chi connectivity index (χ0v) is 9.63. The van der Waals surface area contributed by atoms with Gasteiger partial charge in [0.1, 0.15) is 11.6 Å². The summed E-state index contributed by atoms with van der Waals surface area (Å²) in [6.45, 7) is 5.38. The lowest BCUT2D eigenvalue weighted by molar-refractivity contribution is -0.138. The van der Waals surface area contributed by atoms with Crippen LogP contribution in [0.25, 0.3) is 0 Å². The van der Waals surface area contributed by atoms with Crippen molar-refractivity contribution in [2.24, 2.45) is 0 Å². The summed E-state index contributed by atoms with van der Waals surface area (Å²) in [5, 5.41) is 8.69. The maximum atomic E-state index is 11.5. The van der Waals surface area contributed by atoms with Gasteiger partial charge in [-0.3, -0.25) is 4.79 Å². The van der Waals surface area contributed by atoms with E-state index in [1.165, 1.54) is 4.31 Å². The molecule has 0 saturated carbocycles. The number of nitrogens with zero attached hydrogens (tertiary/aromatic N) is 1. The van der Waals surface area contributed by atoms with Gasteiger partial charge in [0.2, 0.25) is 0 Å². The summed E-state index contributed by atoms with van der Waals surface area (Å²) >= 11 is 0.956. The van der Waals surface area contributed by atoms with Crippen molar-refractivity contribution >= 4 is 24.2 Å². The molecule has 0 radical (unpaired) electrons. The molecule has 0 aromatic carbocycles. The molecule has 2 N–H and O–H groups in total. The van der Waals surface area contributed by atoms with E-state index in [1.54, 1.807) is 20.8 Å². The molecule has 0 spiro atoms. The molecule has 1 rings (SSSR count). The Bertz CT molecular complexity index is 276. The molecule has 1 saturated heterocycles. The Balaban J connectivity index is 2.47. The molecule has 1 amide bonds. The SMILES string of the molecule is CC(C)(C)OC(=O)N1C[C@@H](C(=O)O)NS1. The lowest BCUT2D eigenvalue weighted by Gasteiger charge is -2.22. The average Bonchev–Trinajstić information content (AvgIpc) is 2.47. The van der Waals surface area contributed by atoms with Crippen molar-refractivity contribution in [3.05, 3.63) is 0 Å². The quantitative estimate of drug-likeness (QED) is 0.655. The fourth-order valence-corrected chi connectivity index (χ4v) is 1.69. The highest BCUT2D eigenvalue weighted by Gasteiger charge is 2.34. The third-order valence-electron chi connectivity index (χ3n) is 1.55. The number of ether oxygens (including phenoxy) is 1. The van der Waals surface area contributed by atoms with E-state index in [-0.39, 0.29) is 6.54 Å². The van der Waals surface area contributed by atoms with Gasteiger partial charge in [-0.2, -0.15) is 0 Å². The van der Waals surface area contributed by atoms with Crippen LogP contribution in [-0.4, -0.2) is 39.7 Å². The number of hydrogen-bond acceptors (Lipinski definition) is 5. The molecule has 0 unspecified atom stereocenters. The Morgan fingerprint density at radius 1 is 1.53 bits per heavy atom. The van der Waals surface area contributed by atoms with Crippen molar-refractivity contribution in [2.45, 2.75) is 32.4 Å². The van der Waals surface area contributed by atoms with Gasteiger partial charge in [-0.05, 0) is 20.8 Å². The third kappa shape index (κ3) is 3.60. The number of rotatable bonds is 1. The molecular formula is C8H14N2O4S. The van der Waals surface area contributed by atoms with Crippen LogP contribution in [0.2, 0.25) is 0 Å². The highest BCUT2D eigenvalue weighted by molar-refractivity contribution is 7.95.